The number of hydrogen-bond donors (Lipinski definition) is 1. The molecule has 0 fully saturated rings. The maximum absolute atomic E-state index is 13.0. The van der Waals surface area contributed by atoms with Crippen LogP contribution in [0.1, 0.15) is 15.9 Å². The number of pyridine rings is 1. The summed E-state index contributed by atoms with van der Waals surface area (Å²) in [5.41, 5.74) is 3.01. The van der Waals surface area contributed by atoms with E-state index >= 15 is 0 Å². The number of hydrogen-bond acceptors (Lipinski definition) is 2. The lowest BCUT2D eigenvalue weighted by molar-refractivity contribution is 0.104. The second-order valence-corrected chi connectivity index (χ2v) is 6.61. The van der Waals surface area contributed by atoms with Crippen LogP contribution in [-0.2, 0) is 0 Å². The van der Waals surface area contributed by atoms with Crippen molar-refractivity contribution in [2.24, 2.45) is 0 Å². The maximum Gasteiger partial charge on any atom is 0.260 e. The highest BCUT2D eigenvalue weighted by Crippen LogP contribution is 2.29. The van der Waals surface area contributed by atoms with Crippen LogP contribution >= 0.6 is 0 Å². The molecule has 0 saturated carbocycles. The van der Waals surface area contributed by atoms with Gasteiger partial charge >= 0.3 is 0 Å². The molecule has 140 valence electrons. The zero-order chi connectivity index (χ0) is 20.1. The predicted molar refractivity (Wildman–Crippen MR) is 119 cm³/mol. The van der Waals surface area contributed by atoms with Gasteiger partial charge in [0.25, 0.3) is 5.56 Å². The summed E-state index contributed by atoms with van der Waals surface area (Å²) < 4.78 is 0. The lowest BCUT2D eigenvalue weighted by Crippen LogP contribution is -2.18. The van der Waals surface area contributed by atoms with E-state index in [1.807, 2.05) is 91.0 Å². The number of ketones is 1. The molecule has 4 rings (SSSR count). The third kappa shape index (κ3) is 3.99. The van der Waals surface area contributed by atoms with Crippen LogP contribution in [-0.4, -0.2) is 10.8 Å². The van der Waals surface area contributed by atoms with Gasteiger partial charge in [-0.3, -0.25) is 9.59 Å². The molecule has 0 spiro atoms. The molecule has 0 aliphatic heterocycles. The minimum Gasteiger partial charge on any atom is -0.321 e. The summed E-state index contributed by atoms with van der Waals surface area (Å²) in [4.78, 5) is 28.6. The Bertz CT molecular complexity index is 1270. The van der Waals surface area contributed by atoms with Crippen molar-refractivity contribution in [3.8, 4) is 11.1 Å². The fraction of sp³-hybridized carbons (Fsp3) is 0. The van der Waals surface area contributed by atoms with Crippen LogP contribution in [0.2, 0.25) is 0 Å². The summed E-state index contributed by atoms with van der Waals surface area (Å²) in [6.07, 6.45) is 6.81. The minimum absolute atomic E-state index is 0.152. The van der Waals surface area contributed by atoms with Crippen LogP contribution in [0, 0.1) is 0 Å². The van der Waals surface area contributed by atoms with Crippen LogP contribution in [0.5, 0.6) is 0 Å². The maximum atomic E-state index is 13.0. The molecule has 1 aromatic heterocycles. The van der Waals surface area contributed by atoms with Gasteiger partial charge in [-0.15, -0.1) is 0 Å². The molecule has 0 unspecified atom stereocenters. The number of carbonyl (C=O) groups is 1. The Kier molecular flexibility index (Phi) is 5.30. The van der Waals surface area contributed by atoms with Crippen molar-refractivity contribution in [2.75, 3.05) is 0 Å². The Morgan fingerprint density at radius 1 is 0.759 bits per heavy atom. The first-order chi connectivity index (χ1) is 14.2. The van der Waals surface area contributed by atoms with Gasteiger partial charge in [-0.2, -0.15) is 0 Å². The highest BCUT2D eigenvalue weighted by atomic mass is 16.1. The van der Waals surface area contributed by atoms with Crippen LogP contribution in [0.3, 0.4) is 0 Å². The summed E-state index contributed by atoms with van der Waals surface area (Å²) in [5.74, 6) is -0.325. The van der Waals surface area contributed by atoms with Gasteiger partial charge in [0.2, 0.25) is 0 Å². The zero-order valence-electron chi connectivity index (χ0n) is 15.7. The van der Waals surface area contributed by atoms with Crippen molar-refractivity contribution in [1.82, 2.24) is 4.98 Å². The molecule has 29 heavy (non-hydrogen) atoms. The summed E-state index contributed by atoms with van der Waals surface area (Å²) in [6.45, 7) is 0. The molecule has 4 aromatic rings. The Balaban J connectivity index is 1.78. The molecule has 3 aromatic carbocycles. The van der Waals surface area contributed by atoms with Crippen molar-refractivity contribution in [2.45, 2.75) is 0 Å². The van der Waals surface area contributed by atoms with E-state index in [4.69, 9.17) is 0 Å². The first-order valence-corrected chi connectivity index (χ1v) is 9.38. The quantitative estimate of drug-likeness (QED) is 0.278. The van der Waals surface area contributed by atoms with Crippen LogP contribution in [0.25, 0.3) is 28.1 Å². The van der Waals surface area contributed by atoms with Crippen molar-refractivity contribution < 1.29 is 4.79 Å². The molecule has 3 nitrogen and oxygen atoms in total. The molecule has 1 heterocycles. The molecule has 3 heteroatoms. The van der Waals surface area contributed by atoms with E-state index in [0.717, 1.165) is 16.5 Å². The van der Waals surface area contributed by atoms with Gasteiger partial charge in [0.15, 0.2) is 5.78 Å². The predicted octanol–water partition coefficient (Wildman–Crippen LogP) is 5.65. The molecule has 0 aliphatic rings. The topological polar surface area (TPSA) is 49.9 Å². The first kappa shape index (κ1) is 18.4. The fourth-order valence-corrected chi connectivity index (χ4v) is 3.34. The third-order valence-corrected chi connectivity index (χ3v) is 4.68. The summed E-state index contributed by atoms with van der Waals surface area (Å²) in [6, 6.07) is 26.9. The van der Waals surface area contributed by atoms with Gasteiger partial charge in [-0.05, 0) is 23.3 Å². The highest BCUT2D eigenvalue weighted by Gasteiger charge is 2.18. The second kappa shape index (κ2) is 8.36. The molecule has 0 atom stereocenters. The van der Waals surface area contributed by atoms with E-state index in [2.05, 4.69) is 4.98 Å². The summed E-state index contributed by atoms with van der Waals surface area (Å²) in [5, 5.41) is 0.842. The first-order valence-electron chi connectivity index (χ1n) is 9.38. The van der Waals surface area contributed by atoms with E-state index < -0.39 is 0 Å². The van der Waals surface area contributed by atoms with Crippen molar-refractivity contribution in [3.05, 3.63) is 125 Å². The van der Waals surface area contributed by atoms with Gasteiger partial charge < -0.3 is 4.98 Å². The molecule has 0 saturated heterocycles. The van der Waals surface area contributed by atoms with E-state index in [-0.39, 0.29) is 16.9 Å². The van der Waals surface area contributed by atoms with E-state index in [1.54, 1.807) is 12.2 Å². The van der Waals surface area contributed by atoms with Gasteiger partial charge in [0.05, 0.1) is 5.56 Å². The average molecular weight is 377 g/mol. The standard InChI is InChI=1S/C26H19NO2/c28-23(18-10-7-13-19-11-3-1-4-12-19)25-24(20-14-5-2-6-15-20)21-16-8-9-17-22(21)27-26(25)29/h1-18H,(H,27,29)/b13-7+,18-10+. The monoisotopic (exact) mass is 377 g/mol. The Hall–Kier alpha value is -3.98. The van der Waals surface area contributed by atoms with Gasteiger partial charge in [0.1, 0.15) is 0 Å². The number of aromatic amines is 1. The number of benzene rings is 3. The van der Waals surface area contributed by atoms with Gasteiger partial charge in [0, 0.05) is 16.5 Å². The fourth-order valence-electron chi connectivity index (χ4n) is 3.34. The minimum atomic E-state index is -0.385. The molecule has 1 N–H and O–H groups in total. The highest BCUT2D eigenvalue weighted by molar-refractivity contribution is 6.13. The third-order valence-electron chi connectivity index (χ3n) is 4.68. The lowest BCUT2D eigenvalue weighted by atomic mass is 9.94. The molecular weight excluding hydrogens is 358 g/mol. The molecule has 0 aliphatic carbocycles. The smallest absolute Gasteiger partial charge is 0.260 e. The van der Waals surface area contributed by atoms with E-state index in [0.29, 0.717) is 11.1 Å². The normalized spacial score (nSPS) is 11.4. The summed E-state index contributed by atoms with van der Waals surface area (Å²) in [7, 11) is 0. The molecular formula is C26H19NO2. The number of allylic oxidation sites excluding steroid dienone is 3. The van der Waals surface area contributed by atoms with Gasteiger partial charge in [-0.25, -0.2) is 0 Å². The lowest BCUT2D eigenvalue weighted by Gasteiger charge is -2.11. The number of rotatable bonds is 5. The molecule has 0 amide bonds. The van der Waals surface area contributed by atoms with Crippen molar-refractivity contribution in [1.29, 1.82) is 0 Å². The Labute approximate surface area is 168 Å². The number of aromatic nitrogens is 1. The summed E-state index contributed by atoms with van der Waals surface area (Å²) >= 11 is 0. The number of carbonyl (C=O) groups excluding carboxylic acids is 1. The van der Waals surface area contributed by atoms with Crippen LogP contribution in [0.15, 0.2) is 108 Å². The van der Waals surface area contributed by atoms with Crippen LogP contribution < -0.4 is 5.56 Å². The van der Waals surface area contributed by atoms with Crippen LogP contribution in [0.4, 0.5) is 0 Å². The zero-order valence-corrected chi connectivity index (χ0v) is 15.7. The second-order valence-electron chi connectivity index (χ2n) is 6.61. The van der Waals surface area contributed by atoms with Crippen molar-refractivity contribution >= 4 is 22.8 Å². The Morgan fingerprint density at radius 3 is 2.17 bits per heavy atom. The molecule has 0 bridgehead atoms. The van der Waals surface area contributed by atoms with Gasteiger partial charge in [-0.1, -0.05) is 97.1 Å². The number of para-hydroxylation sites is 1. The van der Waals surface area contributed by atoms with E-state index in [9.17, 15) is 9.59 Å². The SMILES string of the molecule is O=C(/C=C/C=C/c1ccccc1)c1c(-c2ccccc2)c2ccccc2[nH]c1=O. The number of fused-ring (bicyclic) bond motifs is 1. The van der Waals surface area contributed by atoms with Crippen molar-refractivity contribution in [3.63, 3.8) is 0 Å². The molecule has 0 radical (unpaired) electrons. The average Bonchev–Trinajstić information content (AvgIpc) is 2.77. The Morgan fingerprint density at radius 2 is 1.41 bits per heavy atom. The number of nitrogens with one attached hydrogen (secondary N) is 1. The largest absolute Gasteiger partial charge is 0.321 e. The van der Waals surface area contributed by atoms with E-state index in [1.165, 1.54) is 6.08 Å². The number of H-pyrrole nitrogens is 1.